The number of nitro benzene ring substituents is 1. The normalized spacial score (nSPS) is 11.6. The maximum atomic E-state index is 12.5. The predicted octanol–water partition coefficient (Wildman–Crippen LogP) is 3.77. The van der Waals surface area contributed by atoms with Gasteiger partial charge in [0.25, 0.3) is 15.7 Å². The van der Waals surface area contributed by atoms with Gasteiger partial charge in [-0.1, -0.05) is 24.3 Å². The minimum absolute atomic E-state index is 0.304. The molecule has 1 N–H and O–H groups in total. The van der Waals surface area contributed by atoms with Gasteiger partial charge in [0.05, 0.1) is 10.6 Å². The number of anilines is 1. The molecule has 2 heterocycles. The number of sulfonamides is 1. The maximum Gasteiger partial charge on any atom is 0.289 e. The van der Waals surface area contributed by atoms with E-state index in [1.807, 2.05) is 22.2 Å². The predicted molar refractivity (Wildman–Crippen MR) is 102 cm³/mol. The van der Waals surface area contributed by atoms with E-state index in [9.17, 15) is 18.5 Å². The summed E-state index contributed by atoms with van der Waals surface area (Å²) in [6.45, 7) is 0. The smallest absolute Gasteiger partial charge is 0.289 e. The van der Waals surface area contributed by atoms with E-state index >= 15 is 0 Å². The molecule has 0 aliphatic carbocycles. The van der Waals surface area contributed by atoms with Crippen molar-refractivity contribution in [1.82, 2.24) is 9.38 Å². The van der Waals surface area contributed by atoms with Crippen molar-refractivity contribution >= 4 is 37.7 Å². The zero-order chi connectivity index (χ0) is 19.0. The molecule has 0 unspecified atom stereocenters. The number of rotatable bonds is 5. The Kier molecular flexibility index (Phi) is 4.13. The minimum Gasteiger partial charge on any atom is -0.297 e. The van der Waals surface area contributed by atoms with E-state index in [0.29, 0.717) is 5.69 Å². The van der Waals surface area contributed by atoms with Crippen LogP contribution in [-0.2, 0) is 10.0 Å². The SMILES string of the molecule is O=[N+]([O-])c1ccccc1S(=O)(=O)Nc1ccc(-c2cn3ccsc3n2)cc1. The highest BCUT2D eigenvalue weighted by Gasteiger charge is 2.25. The van der Waals surface area contributed by atoms with Crippen molar-refractivity contribution in [1.29, 1.82) is 0 Å². The Hall–Kier alpha value is -3.24. The van der Waals surface area contributed by atoms with Gasteiger partial charge in [0.1, 0.15) is 0 Å². The van der Waals surface area contributed by atoms with E-state index in [1.165, 1.54) is 29.5 Å². The summed E-state index contributed by atoms with van der Waals surface area (Å²) in [6.07, 6.45) is 3.80. The number of hydrogen-bond donors (Lipinski definition) is 1. The van der Waals surface area contributed by atoms with E-state index in [-0.39, 0.29) is 4.90 Å². The number of para-hydroxylation sites is 1. The standard InChI is InChI=1S/C17H12N4O4S2/c22-21(23)15-3-1-2-4-16(15)27(24,25)19-13-7-5-12(6-8-13)14-11-20-9-10-26-17(20)18-14/h1-11,19H. The summed E-state index contributed by atoms with van der Waals surface area (Å²) in [5, 5.41) is 13.0. The first-order valence-electron chi connectivity index (χ1n) is 7.73. The lowest BCUT2D eigenvalue weighted by Crippen LogP contribution is -2.14. The van der Waals surface area contributed by atoms with Gasteiger partial charge in [-0.2, -0.15) is 0 Å². The number of imidazole rings is 1. The van der Waals surface area contributed by atoms with Crippen LogP contribution in [0.1, 0.15) is 0 Å². The molecule has 0 radical (unpaired) electrons. The summed E-state index contributed by atoms with van der Waals surface area (Å²) in [7, 11) is -4.09. The van der Waals surface area contributed by atoms with Crippen molar-refractivity contribution in [2.45, 2.75) is 4.90 Å². The molecule has 136 valence electrons. The summed E-state index contributed by atoms with van der Waals surface area (Å²) < 4.78 is 29.4. The molecule has 0 aliphatic heterocycles. The summed E-state index contributed by atoms with van der Waals surface area (Å²) in [5.41, 5.74) is 1.44. The highest BCUT2D eigenvalue weighted by molar-refractivity contribution is 7.92. The largest absolute Gasteiger partial charge is 0.297 e. The van der Waals surface area contributed by atoms with E-state index < -0.39 is 20.6 Å². The zero-order valence-electron chi connectivity index (χ0n) is 13.6. The minimum atomic E-state index is -4.09. The average Bonchev–Trinajstić information content (AvgIpc) is 3.24. The first-order chi connectivity index (χ1) is 12.9. The molecular weight excluding hydrogens is 388 g/mol. The number of aromatic nitrogens is 2. The van der Waals surface area contributed by atoms with Crippen LogP contribution in [0.4, 0.5) is 11.4 Å². The molecular formula is C17H12N4O4S2. The van der Waals surface area contributed by atoms with Crippen molar-refractivity contribution < 1.29 is 13.3 Å². The van der Waals surface area contributed by atoms with Gasteiger partial charge < -0.3 is 0 Å². The molecule has 0 spiro atoms. The molecule has 8 nitrogen and oxygen atoms in total. The quantitative estimate of drug-likeness (QED) is 0.405. The molecule has 0 atom stereocenters. The van der Waals surface area contributed by atoms with Gasteiger partial charge in [0, 0.05) is 35.1 Å². The van der Waals surface area contributed by atoms with Crippen LogP contribution in [-0.4, -0.2) is 22.7 Å². The molecule has 0 saturated heterocycles. The molecule has 0 fully saturated rings. The van der Waals surface area contributed by atoms with Crippen molar-refractivity contribution in [3.63, 3.8) is 0 Å². The summed E-state index contributed by atoms with van der Waals surface area (Å²) in [4.78, 5) is 15.3. The fourth-order valence-corrected chi connectivity index (χ4v) is 4.55. The van der Waals surface area contributed by atoms with E-state index in [4.69, 9.17) is 0 Å². The Labute approximate surface area is 157 Å². The monoisotopic (exact) mass is 400 g/mol. The highest BCUT2D eigenvalue weighted by Crippen LogP contribution is 2.27. The lowest BCUT2D eigenvalue weighted by Gasteiger charge is -2.09. The van der Waals surface area contributed by atoms with Crippen LogP contribution in [0.2, 0.25) is 0 Å². The number of benzene rings is 2. The molecule has 0 bridgehead atoms. The maximum absolute atomic E-state index is 12.5. The van der Waals surface area contributed by atoms with Crippen LogP contribution in [0.5, 0.6) is 0 Å². The van der Waals surface area contributed by atoms with Crippen molar-refractivity contribution in [3.05, 3.63) is 76.4 Å². The fourth-order valence-electron chi connectivity index (χ4n) is 2.62. The Morgan fingerprint density at radius 2 is 1.85 bits per heavy atom. The highest BCUT2D eigenvalue weighted by atomic mass is 32.2. The number of nitrogens with one attached hydrogen (secondary N) is 1. The van der Waals surface area contributed by atoms with Crippen molar-refractivity contribution in [2.24, 2.45) is 0 Å². The molecule has 27 heavy (non-hydrogen) atoms. The zero-order valence-corrected chi connectivity index (χ0v) is 15.3. The number of hydrogen-bond acceptors (Lipinski definition) is 6. The van der Waals surface area contributed by atoms with Crippen LogP contribution in [0.25, 0.3) is 16.2 Å². The molecule has 2 aromatic heterocycles. The van der Waals surface area contributed by atoms with Crippen molar-refractivity contribution in [2.75, 3.05) is 4.72 Å². The average molecular weight is 400 g/mol. The van der Waals surface area contributed by atoms with Gasteiger partial charge in [0.2, 0.25) is 0 Å². The van der Waals surface area contributed by atoms with Gasteiger partial charge in [0.15, 0.2) is 9.86 Å². The first kappa shape index (κ1) is 17.2. The number of thiazole rings is 1. The Morgan fingerprint density at radius 1 is 1.11 bits per heavy atom. The second-order valence-electron chi connectivity index (χ2n) is 5.63. The number of nitro groups is 1. The second kappa shape index (κ2) is 6.49. The van der Waals surface area contributed by atoms with Crippen molar-refractivity contribution in [3.8, 4) is 11.3 Å². The Bertz CT molecular complexity index is 1210. The molecule has 0 amide bonds. The molecule has 0 aliphatic rings. The molecule has 10 heteroatoms. The Morgan fingerprint density at radius 3 is 2.56 bits per heavy atom. The molecule has 4 rings (SSSR count). The van der Waals surface area contributed by atoms with Gasteiger partial charge in [-0.05, 0) is 18.2 Å². The van der Waals surface area contributed by atoms with E-state index in [2.05, 4.69) is 9.71 Å². The summed E-state index contributed by atoms with van der Waals surface area (Å²) >= 11 is 1.52. The number of fused-ring (bicyclic) bond motifs is 1. The van der Waals surface area contributed by atoms with Crippen LogP contribution in [0.15, 0.2) is 71.2 Å². The fraction of sp³-hybridized carbons (Fsp3) is 0. The van der Waals surface area contributed by atoms with E-state index in [0.717, 1.165) is 22.3 Å². The molecule has 4 aromatic rings. The van der Waals surface area contributed by atoms with E-state index in [1.54, 1.807) is 24.3 Å². The first-order valence-corrected chi connectivity index (χ1v) is 10.1. The topological polar surface area (TPSA) is 107 Å². The third-order valence-corrected chi connectivity index (χ3v) is 6.08. The Balaban J connectivity index is 1.61. The third kappa shape index (κ3) is 3.27. The second-order valence-corrected chi connectivity index (χ2v) is 8.15. The van der Waals surface area contributed by atoms with Gasteiger partial charge in [-0.25, -0.2) is 13.4 Å². The number of nitrogens with zero attached hydrogens (tertiary/aromatic N) is 3. The van der Waals surface area contributed by atoms with Gasteiger partial charge in [-0.15, -0.1) is 11.3 Å². The van der Waals surface area contributed by atoms with Gasteiger partial charge >= 0.3 is 0 Å². The van der Waals surface area contributed by atoms with Crippen LogP contribution in [0.3, 0.4) is 0 Å². The summed E-state index contributed by atoms with van der Waals surface area (Å²) in [5.74, 6) is 0. The van der Waals surface area contributed by atoms with Crippen LogP contribution >= 0.6 is 11.3 Å². The van der Waals surface area contributed by atoms with Gasteiger partial charge in [-0.3, -0.25) is 19.2 Å². The van der Waals surface area contributed by atoms with Crippen LogP contribution < -0.4 is 4.72 Å². The summed E-state index contributed by atoms with van der Waals surface area (Å²) in [6, 6.07) is 11.9. The lowest BCUT2D eigenvalue weighted by atomic mass is 10.1. The van der Waals surface area contributed by atoms with Crippen LogP contribution in [0, 0.1) is 10.1 Å². The molecule has 0 saturated carbocycles. The lowest BCUT2D eigenvalue weighted by molar-refractivity contribution is -0.387. The third-order valence-electron chi connectivity index (χ3n) is 3.88. The molecule has 2 aromatic carbocycles.